The average Bonchev–Trinajstić information content (AvgIpc) is 2.98. The molecule has 0 aliphatic carbocycles. The molecule has 1 N–H and O–H groups in total. The summed E-state index contributed by atoms with van der Waals surface area (Å²) in [5, 5.41) is 8.77. The smallest absolute Gasteiger partial charge is 0.224 e. The van der Waals surface area contributed by atoms with Crippen LogP contribution in [0.25, 0.3) is 11.0 Å². The van der Waals surface area contributed by atoms with E-state index < -0.39 is 0 Å². The third kappa shape index (κ3) is 4.26. The molecule has 0 radical (unpaired) electrons. The molecule has 2 aromatic heterocycles. The maximum absolute atomic E-state index is 12.5. The van der Waals surface area contributed by atoms with Crippen LogP contribution in [-0.2, 0) is 16.8 Å². The van der Waals surface area contributed by atoms with Gasteiger partial charge in [0.2, 0.25) is 5.91 Å². The zero-order valence-electron chi connectivity index (χ0n) is 18.4. The topological polar surface area (TPSA) is 69.0 Å². The number of amides is 1. The molecule has 2 heterocycles. The summed E-state index contributed by atoms with van der Waals surface area (Å²) in [5.74, 6) is 0.690. The molecule has 0 spiro atoms. The number of carbonyl (C=O) groups excluding carboxylic acids is 1. The van der Waals surface area contributed by atoms with Gasteiger partial charge in [-0.25, -0.2) is 9.67 Å². The summed E-state index contributed by atoms with van der Waals surface area (Å²) in [4.78, 5) is 17.3. The number of aromatic nitrogens is 3. The van der Waals surface area contributed by atoms with Crippen molar-refractivity contribution in [3.05, 3.63) is 46.8 Å². The Morgan fingerprint density at radius 2 is 1.90 bits per heavy atom. The van der Waals surface area contributed by atoms with Crippen molar-refractivity contribution in [1.29, 1.82) is 0 Å². The molecule has 0 saturated heterocycles. The zero-order valence-corrected chi connectivity index (χ0v) is 18.4. The summed E-state index contributed by atoms with van der Waals surface area (Å²) in [6.07, 6.45) is 1.02. The number of nitrogens with zero attached hydrogens (tertiary/aromatic N) is 3. The number of aryl methyl sites for hydroxylation is 3. The normalized spacial score (nSPS) is 11.7. The van der Waals surface area contributed by atoms with Gasteiger partial charge in [-0.05, 0) is 71.2 Å². The summed E-state index contributed by atoms with van der Waals surface area (Å²) >= 11 is 0. The molecule has 3 aromatic rings. The Bertz CT molecular complexity index is 1060. The lowest BCUT2D eigenvalue weighted by atomic mass is 9.99. The Kier molecular flexibility index (Phi) is 5.64. The molecule has 0 atom stereocenters. The second-order valence-electron chi connectivity index (χ2n) is 8.45. The maximum atomic E-state index is 12.5. The van der Waals surface area contributed by atoms with Crippen molar-refractivity contribution in [2.24, 2.45) is 0 Å². The van der Waals surface area contributed by atoms with Crippen molar-refractivity contribution in [3.63, 3.8) is 0 Å². The average molecular weight is 395 g/mol. The number of rotatable bonds is 5. The first-order valence-electron chi connectivity index (χ1n) is 9.91. The van der Waals surface area contributed by atoms with E-state index in [9.17, 15) is 4.79 Å². The molecule has 0 fully saturated rings. The van der Waals surface area contributed by atoms with Gasteiger partial charge in [-0.3, -0.25) is 4.79 Å². The number of methoxy groups -OCH3 is 1. The van der Waals surface area contributed by atoms with Crippen molar-refractivity contribution >= 4 is 22.6 Å². The van der Waals surface area contributed by atoms with E-state index in [1.807, 2.05) is 42.8 Å². The predicted molar refractivity (Wildman–Crippen MR) is 117 cm³/mol. The summed E-state index contributed by atoms with van der Waals surface area (Å²) in [6, 6.07) is 7.38. The van der Waals surface area contributed by atoms with Gasteiger partial charge in [-0.2, -0.15) is 5.10 Å². The number of hydrogen-bond donors (Lipinski definition) is 1. The largest absolute Gasteiger partial charge is 0.497 e. The van der Waals surface area contributed by atoms with Gasteiger partial charge in [0.15, 0.2) is 5.65 Å². The van der Waals surface area contributed by atoms with Crippen molar-refractivity contribution in [2.75, 3.05) is 12.4 Å². The second-order valence-corrected chi connectivity index (χ2v) is 8.45. The lowest BCUT2D eigenvalue weighted by Gasteiger charge is -2.20. The van der Waals surface area contributed by atoms with Crippen LogP contribution in [0, 0.1) is 20.8 Å². The lowest BCUT2D eigenvalue weighted by Crippen LogP contribution is -2.23. The number of anilines is 1. The molecule has 154 valence electrons. The summed E-state index contributed by atoms with van der Waals surface area (Å²) in [6.45, 7) is 12.5. The number of fused-ring (bicyclic) bond motifs is 1. The minimum absolute atomic E-state index is 0.0285. The molecular formula is C23H30N4O2. The predicted octanol–water partition coefficient (Wildman–Crippen LogP) is 4.69. The van der Waals surface area contributed by atoms with E-state index in [1.54, 1.807) is 7.11 Å². The number of pyridine rings is 1. The molecule has 1 aromatic carbocycles. The van der Waals surface area contributed by atoms with Gasteiger partial charge in [-0.1, -0.05) is 6.07 Å². The van der Waals surface area contributed by atoms with Crippen LogP contribution in [0.2, 0.25) is 0 Å². The van der Waals surface area contributed by atoms with Crippen LogP contribution < -0.4 is 10.1 Å². The summed E-state index contributed by atoms with van der Waals surface area (Å²) in [5.41, 5.74) is 5.71. The number of benzene rings is 1. The Hall–Kier alpha value is -2.89. The fourth-order valence-corrected chi connectivity index (χ4v) is 3.70. The number of ether oxygens (including phenoxy) is 1. The van der Waals surface area contributed by atoms with Gasteiger partial charge in [0.1, 0.15) is 5.75 Å². The highest BCUT2D eigenvalue weighted by Crippen LogP contribution is 2.29. The Morgan fingerprint density at radius 1 is 1.17 bits per heavy atom. The van der Waals surface area contributed by atoms with Gasteiger partial charge in [0.05, 0.1) is 18.3 Å². The zero-order chi connectivity index (χ0) is 21.3. The molecular weight excluding hydrogens is 364 g/mol. The number of nitrogens with one attached hydrogen (secondary N) is 1. The SMILES string of the molecule is COc1cccc(NC(=O)CCc2c(C)nc3c(c(C)nn3C(C)(C)C)c2C)c1. The van der Waals surface area contributed by atoms with E-state index >= 15 is 0 Å². The second kappa shape index (κ2) is 7.85. The quantitative estimate of drug-likeness (QED) is 0.681. The molecule has 6 heteroatoms. The van der Waals surface area contributed by atoms with Crippen molar-refractivity contribution < 1.29 is 9.53 Å². The van der Waals surface area contributed by atoms with Crippen LogP contribution in [0.4, 0.5) is 5.69 Å². The first-order valence-corrected chi connectivity index (χ1v) is 9.91. The molecule has 0 bridgehead atoms. The Balaban J connectivity index is 1.83. The number of carbonyl (C=O) groups is 1. The van der Waals surface area contributed by atoms with Crippen LogP contribution in [-0.4, -0.2) is 27.8 Å². The highest BCUT2D eigenvalue weighted by atomic mass is 16.5. The molecule has 0 aliphatic rings. The lowest BCUT2D eigenvalue weighted by molar-refractivity contribution is -0.116. The van der Waals surface area contributed by atoms with Crippen molar-refractivity contribution in [2.45, 2.75) is 59.9 Å². The molecule has 29 heavy (non-hydrogen) atoms. The van der Waals surface area contributed by atoms with Gasteiger partial charge in [0.25, 0.3) is 0 Å². The van der Waals surface area contributed by atoms with Crippen molar-refractivity contribution in [3.8, 4) is 5.75 Å². The molecule has 0 unspecified atom stereocenters. The van der Waals surface area contributed by atoms with Gasteiger partial charge in [0, 0.05) is 29.3 Å². The molecule has 6 nitrogen and oxygen atoms in total. The first-order chi connectivity index (χ1) is 13.6. The van der Waals surface area contributed by atoms with E-state index in [-0.39, 0.29) is 11.4 Å². The molecule has 1 amide bonds. The first kappa shape index (κ1) is 20.8. The van der Waals surface area contributed by atoms with E-state index in [4.69, 9.17) is 14.8 Å². The highest BCUT2D eigenvalue weighted by molar-refractivity contribution is 5.91. The van der Waals surface area contributed by atoms with E-state index in [0.29, 0.717) is 12.8 Å². The van der Waals surface area contributed by atoms with Gasteiger partial charge >= 0.3 is 0 Å². The summed E-state index contributed by atoms with van der Waals surface area (Å²) in [7, 11) is 1.61. The Morgan fingerprint density at radius 3 is 2.55 bits per heavy atom. The molecule has 0 aliphatic heterocycles. The fraction of sp³-hybridized carbons (Fsp3) is 0.435. The Labute approximate surface area is 172 Å². The maximum Gasteiger partial charge on any atom is 0.224 e. The monoisotopic (exact) mass is 394 g/mol. The third-order valence-corrected chi connectivity index (χ3v) is 5.17. The van der Waals surface area contributed by atoms with Crippen molar-refractivity contribution in [1.82, 2.24) is 14.8 Å². The van der Waals surface area contributed by atoms with E-state index in [2.05, 4.69) is 33.0 Å². The molecule has 0 saturated carbocycles. The van der Waals surface area contributed by atoms with Crippen LogP contribution in [0.5, 0.6) is 5.75 Å². The third-order valence-electron chi connectivity index (χ3n) is 5.17. The minimum Gasteiger partial charge on any atom is -0.497 e. The number of hydrogen-bond acceptors (Lipinski definition) is 4. The van der Waals surface area contributed by atoms with Gasteiger partial charge in [-0.15, -0.1) is 0 Å². The minimum atomic E-state index is -0.142. The fourth-order valence-electron chi connectivity index (χ4n) is 3.70. The molecule has 3 rings (SSSR count). The van der Waals surface area contributed by atoms with Gasteiger partial charge < -0.3 is 10.1 Å². The standard InChI is InChI=1S/C23H30N4O2/c1-14-19(11-12-20(28)25-17-9-8-10-18(13-17)29-7)15(2)24-22-21(14)16(3)26-27(22)23(4,5)6/h8-10,13H,11-12H2,1-7H3,(H,25,28). The van der Waals surface area contributed by atoms with Crippen LogP contribution in [0.1, 0.15) is 49.7 Å². The van der Waals surface area contributed by atoms with Crippen LogP contribution >= 0.6 is 0 Å². The summed E-state index contributed by atoms with van der Waals surface area (Å²) < 4.78 is 7.20. The van der Waals surface area contributed by atoms with Crippen LogP contribution in [0.3, 0.4) is 0 Å². The van der Waals surface area contributed by atoms with E-state index in [0.717, 1.165) is 45.0 Å². The van der Waals surface area contributed by atoms with Crippen LogP contribution in [0.15, 0.2) is 24.3 Å². The van der Waals surface area contributed by atoms with E-state index in [1.165, 1.54) is 0 Å². The highest BCUT2D eigenvalue weighted by Gasteiger charge is 2.23.